The van der Waals surface area contributed by atoms with Gasteiger partial charge in [-0.15, -0.1) is 0 Å². The first kappa shape index (κ1) is 22.4. The lowest BCUT2D eigenvalue weighted by atomic mass is 10.1. The van der Waals surface area contributed by atoms with Crippen LogP contribution in [0.2, 0.25) is 0 Å². The number of benzene rings is 2. The molecule has 0 aliphatic heterocycles. The molecule has 1 amide bonds. The fraction of sp³-hybridized carbons (Fsp3) is 0.300. The van der Waals surface area contributed by atoms with E-state index in [-0.39, 0.29) is 18.3 Å². The minimum Gasteiger partial charge on any atom is -0.490 e. The number of rotatable bonds is 10. The Morgan fingerprint density at radius 3 is 2.59 bits per heavy atom. The van der Waals surface area contributed by atoms with Crippen LogP contribution in [0.3, 0.4) is 0 Å². The molecule has 0 unspecified atom stereocenters. The van der Waals surface area contributed by atoms with Crippen molar-refractivity contribution in [2.24, 2.45) is 0 Å². The van der Waals surface area contributed by atoms with Crippen LogP contribution < -0.4 is 19.5 Å². The minimum atomic E-state index is -2.86. The van der Waals surface area contributed by atoms with Gasteiger partial charge in [0.15, 0.2) is 18.1 Å². The second-order valence-corrected chi connectivity index (χ2v) is 6.60. The number of hydrogen-bond donors (Lipinski definition) is 1. The molecule has 0 radical (unpaired) electrons. The molecular formula is C20H19BrF2N2O4. The van der Waals surface area contributed by atoms with Crippen molar-refractivity contribution in [1.29, 1.82) is 5.26 Å². The first-order valence-corrected chi connectivity index (χ1v) is 9.52. The summed E-state index contributed by atoms with van der Waals surface area (Å²) < 4.78 is 40.1. The van der Waals surface area contributed by atoms with Crippen molar-refractivity contribution in [1.82, 2.24) is 5.32 Å². The maximum Gasteiger partial charge on any atom is 0.387 e. The molecule has 0 saturated heterocycles. The quantitative estimate of drug-likeness (QED) is 0.568. The second-order valence-electron chi connectivity index (χ2n) is 5.74. The van der Waals surface area contributed by atoms with E-state index in [1.165, 1.54) is 12.1 Å². The number of carbonyl (C=O) groups excluding carboxylic acids is 1. The lowest BCUT2D eigenvalue weighted by molar-refractivity contribution is -0.123. The van der Waals surface area contributed by atoms with Gasteiger partial charge in [-0.2, -0.15) is 14.0 Å². The number of nitrogens with one attached hydrogen (secondary N) is 1. The van der Waals surface area contributed by atoms with Gasteiger partial charge in [0.1, 0.15) is 5.75 Å². The van der Waals surface area contributed by atoms with Gasteiger partial charge in [-0.1, -0.05) is 12.1 Å². The molecule has 0 aliphatic rings. The summed E-state index contributed by atoms with van der Waals surface area (Å²) in [5.41, 5.74) is 1.27. The van der Waals surface area contributed by atoms with Crippen LogP contribution in [0.4, 0.5) is 8.78 Å². The Kier molecular flexibility index (Phi) is 8.68. The molecule has 1 N–H and O–H groups in total. The van der Waals surface area contributed by atoms with E-state index >= 15 is 0 Å². The maximum atomic E-state index is 12.1. The molecule has 0 aliphatic carbocycles. The lowest BCUT2D eigenvalue weighted by Gasteiger charge is -2.14. The minimum absolute atomic E-state index is 0.0827. The molecule has 0 spiro atoms. The van der Waals surface area contributed by atoms with Gasteiger partial charge in [-0.05, 0) is 53.0 Å². The summed E-state index contributed by atoms with van der Waals surface area (Å²) in [6.45, 7) is -0.560. The van der Waals surface area contributed by atoms with Gasteiger partial charge in [0.25, 0.3) is 5.91 Å². The standard InChI is InChI=1S/C20H19BrF2N2O4/c1-2-27-17-10-14(11-24)9-16(21)19(17)28-12-18(26)25-8-7-13-3-5-15(6-4-13)29-20(22)23/h3-6,9-10,20H,2,7-8,12H2,1H3,(H,25,26). The summed E-state index contributed by atoms with van der Waals surface area (Å²) in [4.78, 5) is 12.0. The maximum absolute atomic E-state index is 12.1. The van der Waals surface area contributed by atoms with Gasteiger partial charge in [0.2, 0.25) is 0 Å². The highest BCUT2D eigenvalue weighted by atomic mass is 79.9. The fourth-order valence-corrected chi connectivity index (χ4v) is 2.96. The Balaban J connectivity index is 1.84. The number of nitrogens with zero attached hydrogens (tertiary/aromatic N) is 1. The third-order valence-corrected chi connectivity index (χ3v) is 4.26. The van der Waals surface area contributed by atoms with Crippen LogP contribution >= 0.6 is 15.9 Å². The van der Waals surface area contributed by atoms with Crippen molar-refractivity contribution in [3.63, 3.8) is 0 Å². The summed E-state index contributed by atoms with van der Waals surface area (Å²) in [7, 11) is 0. The first-order valence-electron chi connectivity index (χ1n) is 8.72. The van der Waals surface area contributed by atoms with Gasteiger partial charge in [-0.25, -0.2) is 0 Å². The molecule has 2 aromatic rings. The molecule has 0 saturated carbocycles. The second kappa shape index (κ2) is 11.2. The van der Waals surface area contributed by atoms with E-state index in [1.54, 1.807) is 31.2 Å². The predicted molar refractivity (Wildman–Crippen MR) is 105 cm³/mol. The van der Waals surface area contributed by atoms with Crippen LogP contribution in [0.5, 0.6) is 17.2 Å². The van der Waals surface area contributed by atoms with Crippen molar-refractivity contribution >= 4 is 21.8 Å². The van der Waals surface area contributed by atoms with Gasteiger partial charge in [0, 0.05) is 12.6 Å². The molecule has 0 bridgehead atoms. The average Bonchev–Trinajstić information content (AvgIpc) is 2.68. The van der Waals surface area contributed by atoms with Crippen LogP contribution in [-0.4, -0.2) is 32.3 Å². The Bertz CT molecular complexity index is 870. The van der Waals surface area contributed by atoms with Gasteiger partial charge in [0.05, 0.1) is 22.7 Å². The number of halogens is 3. The van der Waals surface area contributed by atoms with E-state index < -0.39 is 6.61 Å². The summed E-state index contributed by atoms with van der Waals surface area (Å²) >= 11 is 3.32. The highest BCUT2D eigenvalue weighted by Crippen LogP contribution is 2.36. The van der Waals surface area contributed by atoms with Crippen molar-refractivity contribution < 1.29 is 27.8 Å². The Morgan fingerprint density at radius 1 is 1.24 bits per heavy atom. The van der Waals surface area contributed by atoms with Crippen LogP contribution in [-0.2, 0) is 11.2 Å². The number of hydrogen-bond acceptors (Lipinski definition) is 5. The fourth-order valence-electron chi connectivity index (χ4n) is 2.41. The molecule has 154 valence electrons. The molecule has 29 heavy (non-hydrogen) atoms. The number of nitriles is 1. The molecule has 0 atom stereocenters. The highest BCUT2D eigenvalue weighted by Gasteiger charge is 2.14. The summed E-state index contributed by atoms with van der Waals surface area (Å²) in [5.74, 6) is 0.466. The van der Waals surface area contributed by atoms with Crippen LogP contribution in [0.1, 0.15) is 18.1 Å². The topological polar surface area (TPSA) is 80.6 Å². The van der Waals surface area contributed by atoms with Gasteiger partial charge in [-0.3, -0.25) is 4.79 Å². The zero-order valence-electron chi connectivity index (χ0n) is 15.6. The Hall–Kier alpha value is -2.86. The van der Waals surface area contributed by atoms with E-state index in [0.29, 0.717) is 41.1 Å². The molecule has 6 nitrogen and oxygen atoms in total. The molecule has 0 fully saturated rings. The van der Waals surface area contributed by atoms with Crippen molar-refractivity contribution in [3.8, 4) is 23.3 Å². The molecule has 0 aromatic heterocycles. The van der Waals surface area contributed by atoms with E-state index in [2.05, 4.69) is 26.0 Å². The van der Waals surface area contributed by atoms with Crippen LogP contribution in [0.25, 0.3) is 0 Å². The summed E-state index contributed by atoms with van der Waals surface area (Å²) in [6, 6.07) is 11.4. The SMILES string of the molecule is CCOc1cc(C#N)cc(Br)c1OCC(=O)NCCc1ccc(OC(F)F)cc1. The van der Waals surface area contributed by atoms with E-state index in [9.17, 15) is 13.6 Å². The highest BCUT2D eigenvalue weighted by molar-refractivity contribution is 9.10. The number of alkyl halides is 2. The van der Waals surface area contributed by atoms with E-state index in [0.717, 1.165) is 5.56 Å². The van der Waals surface area contributed by atoms with Gasteiger partial charge >= 0.3 is 6.61 Å². The number of carbonyl (C=O) groups is 1. The molecule has 2 aromatic carbocycles. The molecular weight excluding hydrogens is 450 g/mol. The normalized spacial score (nSPS) is 10.3. The van der Waals surface area contributed by atoms with Crippen LogP contribution in [0.15, 0.2) is 40.9 Å². The molecule has 9 heteroatoms. The first-order chi connectivity index (χ1) is 13.9. The summed E-state index contributed by atoms with van der Waals surface area (Å²) in [6.07, 6.45) is 0.519. The zero-order chi connectivity index (χ0) is 21.2. The van der Waals surface area contributed by atoms with Crippen molar-refractivity contribution in [2.75, 3.05) is 19.8 Å². The van der Waals surface area contributed by atoms with Crippen molar-refractivity contribution in [3.05, 3.63) is 52.0 Å². The number of ether oxygens (including phenoxy) is 3. The zero-order valence-corrected chi connectivity index (χ0v) is 17.2. The third-order valence-electron chi connectivity index (χ3n) is 3.67. The smallest absolute Gasteiger partial charge is 0.387 e. The van der Waals surface area contributed by atoms with Gasteiger partial charge < -0.3 is 19.5 Å². The van der Waals surface area contributed by atoms with E-state index in [1.807, 2.05) is 6.07 Å². The van der Waals surface area contributed by atoms with Crippen LogP contribution in [0, 0.1) is 11.3 Å². The predicted octanol–water partition coefficient (Wildman–Crippen LogP) is 4.06. The monoisotopic (exact) mass is 468 g/mol. The Morgan fingerprint density at radius 2 is 1.97 bits per heavy atom. The van der Waals surface area contributed by atoms with Crippen molar-refractivity contribution in [2.45, 2.75) is 20.0 Å². The molecule has 0 heterocycles. The average molecular weight is 469 g/mol. The summed E-state index contributed by atoms with van der Waals surface area (Å²) in [5, 5.41) is 11.8. The van der Waals surface area contributed by atoms with E-state index in [4.69, 9.17) is 14.7 Å². The lowest BCUT2D eigenvalue weighted by Crippen LogP contribution is -2.30. The molecule has 2 rings (SSSR count). The Labute approximate surface area is 175 Å². The third kappa shape index (κ3) is 7.23. The number of amides is 1. The largest absolute Gasteiger partial charge is 0.490 e.